The van der Waals surface area contributed by atoms with Gasteiger partial charge in [0.15, 0.2) is 5.78 Å². The van der Waals surface area contributed by atoms with Gasteiger partial charge >= 0.3 is 6.09 Å². The van der Waals surface area contributed by atoms with E-state index >= 15 is 0 Å². The molecule has 1 N–H and O–H groups in total. The average Bonchev–Trinajstić information content (AvgIpc) is 3.08. The number of amides is 2. The molecular weight excluding hydrogens is 447 g/mol. The van der Waals surface area contributed by atoms with Crippen LogP contribution in [0.4, 0.5) is 4.79 Å². The van der Waals surface area contributed by atoms with Gasteiger partial charge in [-0.3, -0.25) is 9.59 Å². The minimum Gasteiger partial charge on any atom is -0.453 e. The van der Waals surface area contributed by atoms with Crippen molar-refractivity contribution in [1.82, 2.24) is 10.2 Å². The van der Waals surface area contributed by atoms with Gasteiger partial charge in [0, 0.05) is 16.5 Å². The fourth-order valence-corrected chi connectivity index (χ4v) is 3.82. The van der Waals surface area contributed by atoms with Crippen molar-refractivity contribution < 1.29 is 19.1 Å². The third-order valence-corrected chi connectivity index (χ3v) is 5.24. The van der Waals surface area contributed by atoms with E-state index < -0.39 is 18.2 Å². The molecule has 7 heteroatoms. The van der Waals surface area contributed by atoms with E-state index in [2.05, 4.69) is 32.6 Å². The number of hydrogen-bond acceptors (Lipinski definition) is 4. The number of benzene rings is 1. The Morgan fingerprint density at radius 1 is 1.35 bits per heavy atom. The van der Waals surface area contributed by atoms with Crippen molar-refractivity contribution in [2.75, 3.05) is 13.7 Å². The Morgan fingerprint density at radius 2 is 2.08 bits per heavy atom. The highest BCUT2D eigenvalue weighted by Gasteiger charge is 2.38. The second-order valence-electron chi connectivity index (χ2n) is 6.82. The van der Waals surface area contributed by atoms with Crippen molar-refractivity contribution in [2.45, 2.75) is 45.2 Å². The van der Waals surface area contributed by atoms with Crippen LogP contribution >= 0.6 is 22.6 Å². The first-order valence-electron chi connectivity index (χ1n) is 8.75. The zero-order chi connectivity index (χ0) is 19.3. The second-order valence-corrected chi connectivity index (χ2v) is 8.07. The van der Waals surface area contributed by atoms with E-state index in [1.807, 2.05) is 38.1 Å². The number of ether oxygens (including phenoxy) is 1. The number of Topliss-reactive ketones (excluding diaryl/α,β-unsaturated/α-hetero) is 1. The van der Waals surface area contributed by atoms with Crippen LogP contribution in [0.25, 0.3) is 0 Å². The van der Waals surface area contributed by atoms with Crippen LogP contribution in [-0.2, 0) is 20.7 Å². The van der Waals surface area contributed by atoms with Gasteiger partial charge in [0.2, 0.25) is 5.91 Å². The third kappa shape index (κ3) is 5.18. The molecule has 1 heterocycles. The lowest BCUT2D eigenvalue weighted by molar-refractivity contribution is -0.139. The third-order valence-electron chi connectivity index (χ3n) is 4.57. The quantitative estimate of drug-likeness (QED) is 0.647. The summed E-state index contributed by atoms with van der Waals surface area (Å²) in [7, 11) is 1.26. The van der Waals surface area contributed by atoms with Crippen molar-refractivity contribution in [3.8, 4) is 0 Å². The van der Waals surface area contributed by atoms with Crippen LogP contribution in [0.2, 0.25) is 0 Å². The van der Waals surface area contributed by atoms with Crippen molar-refractivity contribution in [2.24, 2.45) is 5.92 Å². The molecule has 2 amide bonds. The van der Waals surface area contributed by atoms with Gasteiger partial charge in [0.05, 0.1) is 13.2 Å². The normalized spacial score (nSPS) is 17.9. The first-order chi connectivity index (χ1) is 12.3. The Morgan fingerprint density at radius 3 is 2.69 bits per heavy atom. The Labute approximate surface area is 167 Å². The van der Waals surface area contributed by atoms with Crippen molar-refractivity contribution in [1.29, 1.82) is 0 Å². The maximum atomic E-state index is 13.0. The molecule has 0 aliphatic carbocycles. The van der Waals surface area contributed by atoms with E-state index in [0.29, 0.717) is 19.4 Å². The van der Waals surface area contributed by atoms with E-state index in [1.165, 1.54) is 7.11 Å². The maximum Gasteiger partial charge on any atom is 0.407 e. The summed E-state index contributed by atoms with van der Waals surface area (Å²) in [6.07, 6.45) is 1.12. The molecule has 26 heavy (non-hydrogen) atoms. The van der Waals surface area contributed by atoms with E-state index in [9.17, 15) is 14.4 Å². The lowest BCUT2D eigenvalue weighted by Gasteiger charge is -2.30. The molecule has 0 aromatic heterocycles. The number of halogens is 1. The first kappa shape index (κ1) is 20.7. The van der Waals surface area contributed by atoms with Crippen LogP contribution in [0.5, 0.6) is 0 Å². The molecule has 0 radical (unpaired) electrons. The molecule has 0 unspecified atom stereocenters. The number of ketones is 1. The van der Waals surface area contributed by atoms with Crippen molar-refractivity contribution >= 4 is 40.4 Å². The fourth-order valence-electron chi connectivity index (χ4n) is 3.21. The van der Waals surface area contributed by atoms with Gasteiger partial charge in [-0.1, -0.05) is 26.0 Å². The molecule has 142 valence electrons. The molecule has 1 aromatic carbocycles. The maximum absolute atomic E-state index is 13.0. The van der Waals surface area contributed by atoms with E-state index in [-0.39, 0.29) is 17.6 Å². The van der Waals surface area contributed by atoms with Gasteiger partial charge in [-0.2, -0.15) is 0 Å². The molecular formula is C19H25IN2O4. The zero-order valence-electron chi connectivity index (χ0n) is 15.3. The summed E-state index contributed by atoms with van der Waals surface area (Å²) >= 11 is 2.22. The molecule has 1 saturated heterocycles. The van der Waals surface area contributed by atoms with Crippen LogP contribution in [0.3, 0.4) is 0 Å². The minimum atomic E-state index is -0.700. The number of nitrogens with one attached hydrogen (secondary N) is 1. The van der Waals surface area contributed by atoms with Crippen LogP contribution in [0.1, 0.15) is 32.3 Å². The topological polar surface area (TPSA) is 75.7 Å². The van der Waals surface area contributed by atoms with Gasteiger partial charge in [-0.05, 0) is 59.0 Å². The van der Waals surface area contributed by atoms with E-state index in [0.717, 1.165) is 15.6 Å². The molecule has 0 saturated carbocycles. The molecule has 0 bridgehead atoms. The minimum absolute atomic E-state index is 0.0402. The predicted octanol–water partition coefficient (Wildman–Crippen LogP) is 2.77. The number of nitrogens with zero attached hydrogens (tertiary/aromatic N) is 1. The van der Waals surface area contributed by atoms with Gasteiger partial charge in [-0.15, -0.1) is 0 Å². The largest absolute Gasteiger partial charge is 0.453 e. The number of likely N-dealkylation sites (tertiary alicyclic amines) is 1. The highest BCUT2D eigenvalue weighted by atomic mass is 127. The highest BCUT2D eigenvalue weighted by Crippen LogP contribution is 2.22. The van der Waals surface area contributed by atoms with Gasteiger partial charge in [-0.25, -0.2) is 4.79 Å². The van der Waals surface area contributed by atoms with Gasteiger partial charge in [0.1, 0.15) is 6.04 Å². The monoisotopic (exact) mass is 472 g/mol. The fraction of sp³-hybridized carbons (Fsp3) is 0.526. The lowest BCUT2D eigenvalue weighted by atomic mass is 9.99. The smallest absolute Gasteiger partial charge is 0.407 e. The number of rotatable bonds is 6. The number of carbonyl (C=O) groups excluding carboxylic acids is 3. The van der Waals surface area contributed by atoms with Crippen LogP contribution in [0.15, 0.2) is 24.3 Å². The molecule has 1 aliphatic rings. The lowest BCUT2D eigenvalue weighted by Crippen LogP contribution is -2.53. The number of methoxy groups -OCH3 is 1. The Hall–Kier alpha value is -1.64. The van der Waals surface area contributed by atoms with Gasteiger partial charge in [0.25, 0.3) is 0 Å². The van der Waals surface area contributed by atoms with Crippen LogP contribution < -0.4 is 5.32 Å². The van der Waals surface area contributed by atoms with Crippen molar-refractivity contribution in [3.63, 3.8) is 0 Å². The molecule has 6 nitrogen and oxygen atoms in total. The van der Waals surface area contributed by atoms with Crippen molar-refractivity contribution in [3.05, 3.63) is 33.4 Å². The summed E-state index contributed by atoms with van der Waals surface area (Å²) in [5.41, 5.74) is 0.953. The standard InChI is InChI=1S/C19H25IN2O4/c1-12(2)17(21-19(25)26-3)18(24)22-9-5-8-15(22)16(23)11-13-6-4-7-14(20)10-13/h4,6-7,10,12,15,17H,5,8-9,11H2,1-3H3,(H,21,25)/t15-,17-/m0/s1. The Bertz CT molecular complexity index is 677. The molecule has 2 atom stereocenters. The summed E-state index contributed by atoms with van der Waals surface area (Å²) < 4.78 is 5.70. The summed E-state index contributed by atoms with van der Waals surface area (Å²) in [5.74, 6) is -0.282. The summed E-state index contributed by atoms with van der Waals surface area (Å²) in [5, 5.41) is 2.59. The summed E-state index contributed by atoms with van der Waals surface area (Å²) in [4.78, 5) is 38.9. The highest BCUT2D eigenvalue weighted by molar-refractivity contribution is 14.1. The molecule has 1 aliphatic heterocycles. The Kier molecular flexibility index (Phi) is 7.43. The molecule has 1 fully saturated rings. The van der Waals surface area contributed by atoms with Gasteiger partial charge < -0.3 is 15.0 Å². The molecule has 2 rings (SSSR count). The molecule has 0 spiro atoms. The number of carbonyl (C=O) groups is 3. The predicted molar refractivity (Wildman–Crippen MR) is 107 cm³/mol. The summed E-state index contributed by atoms with van der Waals surface area (Å²) in [6, 6.07) is 6.68. The summed E-state index contributed by atoms with van der Waals surface area (Å²) in [6.45, 7) is 4.25. The SMILES string of the molecule is COC(=O)N[C@H](C(=O)N1CCC[C@H]1C(=O)Cc1cccc(I)c1)C(C)C. The van der Waals surface area contributed by atoms with E-state index in [1.54, 1.807) is 4.90 Å². The number of alkyl carbamates (subject to hydrolysis) is 1. The van der Waals surface area contributed by atoms with Crippen LogP contribution in [0, 0.1) is 9.49 Å². The first-order valence-corrected chi connectivity index (χ1v) is 9.83. The molecule has 1 aromatic rings. The average molecular weight is 472 g/mol. The van der Waals surface area contributed by atoms with Crippen LogP contribution in [-0.4, -0.2) is 48.4 Å². The Balaban J connectivity index is 2.10. The number of hydrogen-bond donors (Lipinski definition) is 1. The second kappa shape index (κ2) is 9.34. The zero-order valence-corrected chi connectivity index (χ0v) is 17.5. The van der Waals surface area contributed by atoms with E-state index in [4.69, 9.17) is 0 Å².